The Labute approximate surface area is 99.9 Å². The van der Waals surface area contributed by atoms with Gasteiger partial charge < -0.3 is 4.74 Å². The summed E-state index contributed by atoms with van der Waals surface area (Å²) in [7, 11) is 1.15. The number of carbonyl (C=O) groups is 1. The molecule has 1 heterocycles. The molecule has 3 nitrogen and oxygen atoms in total. The molecule has 0 N–H and O–H groups in total. The van der Waals surface area contributed by atoms with Crippen LogP contribution < -0.4 is 0 Å². The van der Waals surface area contributed by atoms with Crippen molar-refractivity contribution >= 4 is 21.9 Å². The zero-order valence-corrected chi connectivity index (χ0v) is 10.3. The molecule has 0 fully saturated rings. The third kappa shape index (κ3) is 2.55. The third-order valence-corrected chi connectivity index (χ3v) is 2.60. The topological polar surface area (TPSA) is 39.2 Å². The molecule has 16 heavy (non-hydrogen) atoms. The summed E-state index contributed by atoms with van der Waals surface area (Å²) in [4.78, 5) is 15.1. The zero-order valence-electron chi connectivity index (χ0n) is 8.76. The van der Waals surface area contributed by atoms with Crippen LogP contribution in [0.5, 0.6) is 0 Å². The second-order valence-electron chi connectivity index (χ2n) is 3.11. The minimum Gasteiger partial charge on any atom is -0.465 e. The SMILES string of the molecule is COC(=O)c1c(CBr)cc(C)nc1C(F)F. The highest BCUT2D eigenvalue weighted by molar-refractivity contribution is 9.08. The van der Waals surface area contributed by atoms with Crippen LogP contribution in [0.4, 0.5) is 8.78 Å². The molecule has 1 rings (SSSR count). The number of pyridine rings is 1. The number of hydrogen-bond acceptors (Lipinski definition) is 3. The number of esters is 1. The summed E-state index contributed by atoms with van der Waals surface area (Å²) in [6, 6.07) is 1.58. The summed E-state index contributed by atoms with van der Waals surface area (Å²) in [6.07, 6.45) is -2.80. The molecule has 0 amide bonds. The van der Waals surface area contributed by atoms with Crippen LogP contribution >= 0.6 is 15.9 Å². The van der Waals surface area contributed by atoms with Gasteiger partial charge in [0.1, 0.15) is 5.69 Å². The standard InChI is InChI=1S/C10H10BrF2NO2/c1-5-3-6(4-11)7(10(15)16-2)8(14-5)9(12)13/h3,9H,4H2,1-2H3. The highest BCUT2D eigenvalue weighted by Gasteiger charge is 2.24. The van der Waals surface area contributed by atoms with E-state index >= 15 is 0 Å². The monoisotopic (exact) mass is 293 g/mol. The molecule has 0 spiro atoms. The molecular formula is C10H10BrF2NO2. The van der Waals surface area contributed by atoms with Crippen molar-refractivity contribution in [2.45, 2.75) is 18.7 Å². The van der Waals surface area contributed by atoms with Gasteiger partial charge in [0.25, 0.3) is 6.43 Å². The Morgan fingerprint density at radius 3 is 2.69 bits per heavy atom. The highest BCUT2D eigenvalue weighted by atomic mass is 79.9. The lowest BCUT2D eigenvalue weighted by Crippen LogP contribution is -2.12. The van der Waals surface area contributed by atoms with Gasteiger partial charge in [-0.15, -0.1) is 0 Å². The van der Waals surface area contributed by atoms with Gasteiger partial charge in [-0.3, -0.25) is 4.98 Å². The molecule has 88 valence electrons. The third-order valence-electron chi connectivity index (χ3n) is 2.00. The van der Waals surface area contributed by atoms with Crippen LogP contribution in [-0.2, 0) is 10.1 Å². The Bertz CT molecular complexity index is 410. The summed E-state index contributed by atoms with van der Waals surface area (Å²) in [5.74, 6) is -0.794. The van der Waals surface area contributed by atoms with Gasteiger partial charge in [0, 0.05) is 11.0 Å². The Morgan fingerprint density at radius 2 is 2.25 bits per heavy atom. The molecule has 6 heteroatoms. The largest absolute Gasteiger partial charge is 0.465 e. The van der Waals surface area contributed by atoms with Gasteiger partial charge in [0.05, 0.1) is 12.7 Å². The predicted molar refractivity (Wildman–Crippen MR) is 57.9 cm³/mol. The van der Waals surface area contributed by atoms with Crippen molar-refractivity contribution in [3.8, 4) is 0 Å². The minimum absolute atomic E-state index is 0.153. The van der Waals surface area contributed by atoms with Crippen LogP contribution in [0.25, 0.3) is 0 Å². The van der Waals surface area contributed by atoms with Crippen LogP contribution in [0.3, 0.4) is 0 Å². The molecule has 0 radical (unpaired) electrons. The lowest BCUT2D eigenvalue weighted by atomic mass is 10.1. The van der Waals surface area contributed by atoms with E-state index in [9.17, 15) is 13.6 Å². The number of halogens is 3. The first-order chi connectivity index (χ1) is 7.51. The smallest absolute Gasteiger partial charge is 0.340 e. The molecule has 0 unspecified atom stereocenters. The van der Waals surface area contributed by atoms with Crippen molar-refractivity contribution in [3.63, 3.8) is 0 Å². The Balaban J connectivity index is 3.45. The predicted octanol–water partition coefficient (Wildman–Crippen LogP) is 3.01. The molecule has 1 aromatic rings. The van der Waals surface area contributed by atoms with E-state index in [1.165, 1.54) is 0 Å². The van der Waals surface area contributed by atoms with Gasteiger partial charge in [0.2, 0.25) is 0 Å². The highest BCUT2D eigenvalue weighted by Crippen LogP contribution is 2.26. The van der Waals surface area contributed by atoms with Crippen molar-refractivity contribution in [1.82, 2.24) is 4.98 Å². The van der Waals surface area contributed by atoms with Crippen LogP contribution in [0, 0.1) is 6.92 Å². The number of aryl methyl sites for hydroxylation is 1. The molecule has 0 aliphatic heterocycles. The lowest BCUT2D eigenvalue weighted by molar-refractivity contribution is 0.0586. The number of nitrogens with zero attached hydrogens (tertiary/aromatic N) is 1. The van der Waals surface area contributed by atoms with E-state index in [-0.39, 0.29) is 5.56 Å². The fraction of sp³-hybridized carbons (Fsp3) is 0.400. The fourth-order valence-corrected chi connectivity index (χ4v) is 1.81. The van der Waals surface area contributed by atoms with Crippen molar-refractivity contribution in [3.05, 3.63) is 28.6 Å². The van der Waals surface area contributed by atoms with E-state index in [0.717, 1.165) is 7.11 Å². The zero-order chi connectivity index (χ0) is 12.3. The first kappa shape index (κ1) is 13.0. The summed E-state index contributed by atoms with van der Waals surface area (Å²) in [5, 5.41) is 0.292. The summed E-state index contributed by atoms with van der Waals surface area (Å²) in [5.41, 5.74) is 0.216. The number of ether oxygens (including phenoxy) is 1. The van der Waals surface area contributed by atoms with Gasteiger partial charge in [-0.05, 0) is 18.6 Å². The number of aromatic nitrogens is 1. The Kier molecular flexibility index (Phi) is 4.35. The molecule has 0 aromatic carbocycles. The van der Waals surface area contributed by atoms with E-state index in [0.29, 0.717) is 16.6 Å². The van der Waals surface area contributed by atoms with Gasteiger partial charge in [0.15, 0.2) is 0 Å². The molecule has 0 aliphatic carbocycles. The normalized spacial score (nSPS) is 10.6. The molecule has 1 aromatic heterocycles. The second-order valence-corrected chi connectivity index (χ2v) is 3.67. The van der Waals surface area contributed by atoms with Gasteiger partial charge >= 0.3 is 5.97 Å². The Morgan fingerprint density at radius 1 is 1.62 bits per heavy atom. The lowest BCUT2D eigenvalue weighted by Gasteiger charge is -2.11. The molecule has 0 saturated carbocycles. The number of rotatable bonds is 3. The Hall–Kier alpha value is -1.04. The summed E-state index contributed by atoms with van der Waals surface area (Å²) >= 11 is 3.14. The number of methoxy groups -OCH3 is 1. The molecule has 0 aliphatic rings. The van der Waals surface area contributed by atoms with Gasteiger partial charge in [-0.2, -0.15) is 0 Å². The number of carbonyl (C=O) groups excluding carboxylic acids is 1. The van der Waals surface area contributed by atoms with Crippen LogP contribution in [0.15, 0.2) is 6.07 Å². The average Bonchev–Trinajstić information content (AvgIpc) is 2.26. The first-order valence-electron chi connectivity index (χ1n) is 4.44. The van der Waals surface area contributed by atoms with Crippen molar-refractivity contribution < 1.29 is 18.3 Å². The molecular weight excluding hydrogens is 284 g/mol. The van der Waals surface area contributed by atoms with E-state index in [2.05, 4.69) is 25.7 Å². The van der Waals surface area contributed by atoms with Crippen molar-refractivity contribution in [2.24, 2.45) is 0 Å². The maximum Gasteiger partial charge on any atom is 0.340 e. The van der Waals surface area contributed by atoms with E-state index in [4.69, 9.17) is 0 Å². The van der Waals surface area contributed by atoms with Crippen molar-refractivity contribution in [1.29, 1.82) is 0 Å². The van der Waals surface area contributed by atoms with Gasteiger partial charge in [-0.25, -0.2) is 13.6 Å². The quantitative estimate of drug-likeness (QED) is 0.635. The van der Waals surface area contributed by atoms with Crippen LogP contribution in [0.1, 0.15) is 33.7 Å². The first-order valence-corrected chi connectivity index (χ1v) is 5.56. The van der Waals surface area contributed by atoms with E-state index < -0.39 is 18.1 Å². The maximum absolute atomic E-state index is 12.7. The van der Waals surface area contributed by atoms with Crippen molar-refractivity contribution in [2.75, 3.05) is 7.11 Å². The summed E-state index contributed by atoms with van der Waals surface area (Å²) < 4.78 is 29.9. The number of hydrogen-bond donors (Lipinski definition) is 0. The minimum atomic E-state index is -2.80. The maximum atomic E-state index is 12.7. The van der Waals surface area contributed by atoms with Crippen LogP contribution in [-0.4, -0.2) is 18.1 Å². The molecule has 0 atom stereocenters. The fourth-order valence-electron chi connectivity index (χ4n) is 1.37. The molecule has 0 saturated heterocycles. The van der Waals surface area contributed by atoms with E-state index in [1.807, 2.05) is 0 Å². The summed E-state index contributed by atoms with van der Waals surface area (Å²) in [6.45, 7) is 1.60. The second kappa shape index (κ2) is 5.34. The average molecular weight is 294 g/mol. The van der Waals surface area contributed by atoms with Gasteiger partial charge in [-0.1, -0.05) is 15.9 Å². The number of alkyl halides is 3. The molecule has 0 bridgehead atoms. The van der Waals surface area contributed by atoms with E-state index in [1.54, 1.807) is 13.0 Å². The van der Waals surface area contributed by atoms with Crippen LogP contribution in [0.2, 0.25) is 0 Å².